The molecule has 0 saturated heterocycles. The Morgan fingerprint density at radius 3 is 2.17 bits per heavy atom. The van der Waals surface area contributed by atoms with Crippen LogP contribution in [0.3, 0.4) is 0 Å². The van der Waals surface area contributed by atoms with E-state index >= 15 is 0 Å². The van der Waals surface area contributed by atoms with Gasteiger partial charge in [0.1, 0.15) is 4.21 Å². The number of nitrogens with one attached hydrogen (secondary N) is 1. The Bertz CT molecular complexity index is 771. The first kappa shape index (κ1) is 19.2. The number of thiophene rings is 1. The first-order chi connectivity index (χ1) is 11.2. The van der Waals surface area contributed by atoms with E-state index in [-0.39, 0.29) is 16.8 Å². The summed E-state index contributed by atoms with van der Waals surface area (Å²) in [7, 11) is 4.28. The van der Waals surface area contributed by atoms with Gasteiger partial charge in [-0.1, -0.05) is 23.7 Å². The maximum absolute atomic E-state index is 12.4. The summed E-state index contributed by atoms with van der Waals surface area (Å²) in [4.78, 5) is 4.02. The van der Waals surface area contributed by atoms with Crippen molar-refractivity contribution in [2.75, 3.05) is 39.6 Å². The number of hydrogen-bond acceptors (Lipinski definition) is 5. The van der Waals surface area contributed by atoms with E-state index in [4.69, 9.17) is 11.6 Å². The molecule has 0 saturated carbocycles. The maximum atomic E-state index is 12.4. The molecule has 1 aromatic carbocycles. The van der Waals surface area contributed by atoms with Crippen LogP contribution in [0.15, 0.2) is 40.6 Å². The number of sulfonamides is 1. The average molecular weight is 388 g/mol. The minimum atomic E-state index is -3.55. The molecule has 0 aliphatic heterocycles. The fourth-order valence-electron chi connectivity index (χ4n) is 2.30. The number of benzene rings is 1. The summed E-state index contributed by atoms with van der Waals surface area (Å²) in [6.07, 6.45) is 0. The van der Waals surface area contributed by atoms with Crippen LogP contribution < -0.4 is 9.62 Å². The molecule has 1 heterocycles. The van der Waals surface area contributed by atoms with E-state index in [0.29, 0.717) is 4.34 Å². The number of anilines is 1. The molecule has 5 nitrogen and oxygen atoms in total. The molecular weight excluding hydrogens is 366 g/mol. The largest absolute Gasteiger partial charge is 0.378 e. The van der Waals surface area contributed by atoms with Crippen LogP contribution in [0.2, 0.25) is 4.34 Å². The van der Waals surface area contributed by atoms with Gasteiger partial charge in [0.2, 0.25) is 10.0 Å². The standard InChI is InChI=1S/C16H22ClN3O2S2/c1-19(2)13-7-5-12(6-8-13)14(20(3)4)11-18-24(21,22)16-10-9-15(17)23-16/h5-10,14,18H,11H2,1-4H3/t14-/m1/s1. The highest BCUT2D eigenvalue weighted by Crippen LogP contribution is 2.26. The van der Waals surface area contributed by atoms with E-state index in [0.717, 1.165) is 22.6 Å². The van der Waals surface area contributed by atoms with Crippen molar-refractivity contribution < 1.29 is 8.42 Å². The van der Waals surface area contributed by atoms with Gasteiger partial charge in [0.15, 0.2) is 0 Å². The van der Waals surface area contributed by atoms with Crippen molar-refractivity contribution in [3.05, 3.63) is 46.3 Å². The Morgan fingerprint density at radius 2 is 1.71 bits per heavy atom. The van der Waals surface area contributed by atoms with Gasteiger partial charge in [-0.2, -0.15) is 0 Å². The second-order valence-electron chi connectivity index (χ2n) is 5.88. The van der Waals surface area contributed by atoms with Gasteiger partial charge >= 0.3 is 0 Å². The molecule has 0 aliphatic carbocycles. The van der Waals surface area contributed by atoms with Gasteiger partial charge in [0, 0.05) is 32.4 Å². The molecule has 2 aromatic rings. The molecule has 0 amide bonds. The zero-order valence-electron chi connectivity index (χ0n) is 14.2. The maximum Gasteiger partial charge on any atom is 0.250 e. The van der Waals surface area contributed by atoms with Crippen molar-refractivity contribution in [1.82, 2.24) is 9.62 Å². The average Bonchev–Trinajstić information content (AvgIpc) is 2.95. The first-order valence-corrected chi connectivity index (χ1v) is 10.1. The fraction of sp³-hybridized carbons (Fsp3) is 0.375. The Balaban J connectivity index is 2.14. The highest BCUT2D eigenvalue weighted by molar-refractivity contribution is 7.91. The highest BCUT2D eigenvalue weighted by atomic mass is 35.5. The lowest BCUT2D eigenvalue weighted by Gasteiger charge is -2.25. The van der Waals surface area contributed by atoms with Gasteiger partial charge in [0.05, 0.1) is 4.34 Å². The van der Waals surface area contributed by atoms with Crippen LogP contribution in [0.5, 0.6) is 0 Å². The van der Waals surface area contributed by atoms with E-state index in [2.05, 4.69) is 4.72 Å². The monoisotopic (exact) mass is 387 g/mol. The Morgan fingerprint density at radius 1 is 1.08 bits per heavy atom. The first-order valence-electron chi connectivity index (χ1n) is 7.39. The van der Waals surface area contributed by atoms with Crippen molar-refractivity contribution in [3.63, 3.8) is 0 Å². The minimum Gasteiger partial charge on any atom is -0.378 e. The van der Waals surface area contributed by atoms with Crippen LogP contribution in [0, 0.1) is 0 Å². The molecule has 24 heavy (non-hydrogen) atoms. The summed E-state index contributed by atoms with van der Waals surface area (Å²) in [6.45, 7) is 0.284. The van der Waals surface area contributed by atoms with E-state index in [1.165, 1.54) is 6.07 Å². The Kier molecular flexibility index (Phi) is 6.28. The third-order valence-electron chi connectivity index (χ3n) is 3.70. The lowest BCUT2D eigenvalue weighted by atomic mass is 10.1. The molecule has 8 heteroatoms. The summed E-state index contributed by atoms with van der Waals surface area (Å²) in [5, 5.41) is 0. The second-order valence-corrected chi connectivity index (χ2v) is 9.58. The summed E-state index contributed by atoms with van der Waals surface area (Å²) in [6, 6.07) is 11.1. The van der Waals surface area contributed by atoms with Gasteiger partial charge < -0.3 is 9.80 Å². The van der Waals surface area contributed by atoms with Gasteiger partial charge in [-0.3, -0.25) is 0 Å². The van der Waals surface area contributed by atoms with Gasteiger partial charge in [-0.15, -0.1) is 11.3 Å². The smallest absolute Gasteiger partial charge is 0.250 e. The summed E-state index contributed by atoms with van der Waals surface area (Å²) in [5.74, 6) is 0. The van der Waals surface area contributed by atoms with Crippen LogP contribution in [-0.4, -0.2) is 48.1 Å². The zero-order chi connectivity index (χ0) is 17.9. The van der Waals surface area contributed by atoms with E-state index in [1.807, 2.05) is 62.3 Å². The van der Waals surface area contributed by atoms with Crippen molar-refractivity contribution in [2.45, 2.75) is 10.3 Å². The van der Waals surface area contributed by atoms with Crippen molar-refractivity contribution in [3.8, 4) is 0 Å². The van der Waals surface area contributed by atoms with E-state index < -0.39 is 10.0 Å². The van der Waals surface area contributed by atoms with Crippen LogP contribution in [0.25, 0.3) is 0 Å². The second kappa shape index (κ2) is 7.84. The molecule has 0 bridgehead atoms. The topological polar surface area (TPSA) is 52.7 Å². The van der Waals surface area contributed by atoms with Crippen molar-refractivity contribution in [1.29, 1.82) is 0 Å². The Labute approximate surface area is 152 Å². The third kappa shape index (κ3) is 4.70. The molecular formula is C16H22ClN3O2S2. The number of likely N-dealkylation sites (N-methyl/N-ethyl adjacent to an activating group) is 1. The van der Waals surface area contributed by atoms with Crippen LogP contribution >= 0.6 is 22.9 Å². The number of hydrogen-bond donors (Lipinski definition) is 1. The summed E-state index contributed by atoms with van der Waals surface area (Å²) < 4.78 is 28.1. The number of rotatable bonds is 7. The van der Waals surface area contributed by atoms with Gasteiger partial charge in [-0.05, 0) is 43.9 Å². The SMILES string of the molecule is CN(C)c1ccc([C@@H](CNS(=O)(=O)c2ccc(Cl)s2)N(C)C)cc1. The number of nitrogens with zero attached hydrogens (tertiary/aromatic N) is 2. The van der Waals surface area contributed by atoms with Crippen molar-refractivity contribution >= 4 is 38.6 Å². The van der Waals surface area contributed by atoms with Crippen LogP contribution in [0.4, 0.5) is 5.69 Å². The quantitative estimate of drug-likeness (QED) is 0.793. The van der Waals surface area contributed by atoms with E-state index in [1.54, 1.807) is 6.07 Å². The van der Waals surface area contributed by atoms with Gasteiger partial charge in [-0.25, -0.2) is 13.1 Å². The van der Waals surface area contributed by atoms with Gasteiger partial charge in [0.25, 0.3) is 0 Å². The Hall–Kier alpha value is -1.12. The molecule has 132 valence electrons. The molecule has 2 rings (SSSR count). The lowest BCUT2D eigenvalue weighted by Crippen LogP contribution is -2.34. The molecule has 1 atom stereocenters. The van der Waals surface area contributed by atoms with Crippen LogP contribution in [0.1, 0.15) is 11.6 Å². The fourth-order valence-corrected chi connectivity index (χ4v) is 4.86. The normalized spacial score (nSPS) is 13.2. The predicted molar refractivity (Wildman–Crippen MR) is 102 cm³/mol. The van der Waals surface area contributed by atoms with Crippen molar-refractivity contribution in [2.24, 2.45) is 0 Å². The predicted octanol–water partition coefficient (Wildman–Crippen LogP) is 3.05. The summed E-state index contributed by atoms with van der Waals surface area (Å²) >= 11 is 6.88. The molecule has 0 radical (unpaired) electrons. The molecule has 0 fully saturated rings. The molecule has 1 aromatic heterocycles. The molecule has 0 unspecified atom stereocenters. The van der Waals surface area contributed by atoms with Crippen LogP contribution in [-0.2, 0) is 10.0 Å². The zero-order valence-corrected chi connectivity index (χ0v) is 16.5. The minimum absolute atomic E-state index is 0.0635. The molecule has 1 N–H and O–H groups in total. The lowest BCUT2D eigenvalue weighted by molar-refractivity contribution is 0.299. The molecule has 0 aliphatic rings. The van der Waals surface area contributed by atoms with E-state index in [9.17, 15) is 8.42 Å². The highest BCUT2D eigenvalue weighted by Gasteiger charge is 2.21. The number of halogens is 1. The third-order valence-corrected chi connectivity index (χ3v) is 6.84. The molecule has 0 spiro atoms. The summed E-state index contributed by atoms with van der Waals surface area (Å²) in [5.41, 5.74) is 2.16.